The first-order valence-corrected chi connectivity index (χ1v) is 15.1. The molecule has 40 heavy (non-hydrogen) atoms. The number of hydrogen-bond acceptors (Lipinski definition) is 4. The van der Waals surface area contributed by atoms with Crippen LogP contribution in [0.15, 0.2) is 65.6 Å². The zero-order valence-corrected chi connectivity index (χ0v) is 25.9. The number of carbonyl (C=O) groups is 2. The molecule has 0 fully saturated rings. The first-order valence-electron chi connectivity index (χ1n) is 12.9. The van der Waals surface area contributed by atoms with Crippen LogP contribution in [0.4, 0.5) is 5.69 Å². The Hall–Kier alpha value is -3.07. The second-order valence-electron chi connectivity index (χ2n) is 10.2. The molecule has 3 rings (SSSR count). The molecule has 0 saturated heterocycles. The normalized spacial score (nSPS) is 12.2. The molecular weight excluding hydrogens is 569 g/mol. The van der Waals surface area contributed by atoms with Gasteiger partial charge in [-0.3, -0.25) is 13.9 Å². The van der Waals surface area contributed by atoms with Crippen LogP contribution in [0.2, 0.25) is 10.0 Å². The summed E-state index contributed by atoms with van der Waals surface area (Å²) in [6.07, 6.45) is 0. The molecule has 3 aromatic rings. The summed E-state index contributed by atoms with van der Waals surface area (Å²) in [5.41, 5.74) is 3.59. The van der Waals surface area contributed by atoms with E-state index in [1.54, 1.807) is 56.3 Å². The molecule has 2 amide bonds. The lowest BCUT2D eigenvalue weighted by atomic mass is 10.1. The van der Waals surface area contributed by atoms with Gasteiger partial charge in [0.2, 0.25) is 11.8 Å². The number of benzene rings is 3. The van der Waals surface area contributed by atoms with Crippen molar-refractivity contribution in [2.75, 3.05) is 10.8 Å². The van der Waals surface area contributed by atoms with Gasteiger partial charge in [0.25, 0.3) is 10.0 Å². The molecule has 0 aliphatic rings. The minimum absolute atomic E-state index is 0.0215. The Bertz CT molecular complexity index is 1490. The van der Waals surface area contributed by atoms with Gasteiger partial charge in [0.05, 0.1) is 20.6 Å². The summed E-state index contributed by atoms with van der Waals surface area (Å²) in [6.45, 7) is 10.4. The first-order chi connectivity index (χ1) is 18.7. The van der Waals surface area contributed by atoms with Crippen molar-refractivity contribution in [2.24, 2.45) is 0 Å². The number of nitrogens with one attached hydrogen (secondary N) is 1. The Kier molecular flexibility index (Phi) is 10.3. The van der Waals surface area contributed by atoms with Crippen LogP contribution >= 0.6 is 23.2 Å². The zero-order valence-electron chi connectivity index (χ0n) is 23.5. The summed E-state index contributed by atoms with van der Waals surface area (Å²) < 4.78 is 29.1. The summed E-state index contributed by atoms with van der Waals surface area (Å²) >= 11 is 12.3. The van der Waals surface area contributed by atoms with E-state index in [4.69, 9.17) is 23.2 Å². The maximum Gasteiger partial charge on any atom is 0.264 e. The summed E-state index contributed by atoms with van der Waals surface area (Å²) in [5.74, 6) is -0.906. The Morgan fingerprint density at radius 2 is 1.48 bits per heavy atom. The molecule has 0 saturated carbocycles. The van der Waals surface area contributed by atoms with Crippen molar-refractivity contribution >= 4 is 50.7 Å². The largest absolute Gasteiger partial charge is 0.352 e. The SMILES string of the molecule is Cc1ccc(S(=O)(=O)N(CC(=O)N(Cc2ccc(Cl)c(Cl)c2)[C@@H](C)C(=O)NC(C)C)c2ccc(C)cc2C)cc1. The minimum atomic E-state index is -4.14. The van der Waals surface area contributed by atoms with Crippen LogP contribution in [0.25, 0.3) is 0 Å². The molecule has 1 atom stereocenters. The lowest BCUT2D eigenvalue weighted by Crippen LogP contribution is -2.52. The van der Waals surface area contributed by atoms with Gasteiger partial charge >= 0.3 is 0 Å². The topological polar surface area (TPSA) is 86.8 Å². The van der Waals surface area contributed by atoms with Gasteiger partial charge < -0.3 is 10.2 Å². The van der Waals surface area contributed by atoms with Crippen molar-refractivity contribution in [2.45, 2.75) is 65.1 Å². The van der Waals surface area contributed by atoms with E-state index in [0.717, 1.165) is 15.4 Å². The molecule has 0 radical (unpaired) electrons. The maximum absolute atomic E-state index is 14.0. The lowest BCUT2D eigenvalue weighted by Gasteiger charge is -2.33. The van der Waals surface area contributed by atoms with Gasteiger partial charge in [0, 0.05) is 12.6 Å². The minimum Gasteiger partial charge on any atom is -0.352 e. The third-order valence-corrected chi connectivity index (χ3v) is 8.96. The smallest absolute Gasteiger partial charge is 0.264 e. The molecule has 7 nitrogen and oxygen atoms in total. The highest BCUT2D eigenvalue weighted by molar-refractivity contribution is 7.92. The van der Waals surface area contributed by atoms with E-state index in [9.17, 15) is 18.0 Å². The Morgan fingerprint density at radius 1 is 0.850 bits per heavy atom. The summed E-state index contributed by atoms with van der Waals surface area (Å²) in [6, 6.07) is 15.8. The fraction of sp³-hybridized carbons (Fsp3) is 0.333. The predicted octanol–water partition coefficient (Wildman–Crippen LogP) is 6.06. The highest BCUT2D eigenvalue weighted by atomic mass is 35.5. The molecule has 0 aromatic heterocycles. The number of rotatable bonds is 10. The average molecular weight is 605 g/mol. The van der Waals surface area contributed by atoms with Gasteiger partial charge in [-0.25, -0.2) is 8.42 Å². The standard InChI is InChI=1S/C30H35Cl2N3O4S/c1-19(2)33-30(37)23(6)34(17-24-10-13-26(31)27(32)16-24)29(36)18-35(28-14-9-21(4)15-22(28)5)40(38,39)25-11-7-20(3)8-12-25/h7-16,19,23H,17-18H2,1-6H3,(H,33,37)/t23-/m0/s1. The second-order valence-corrected chi connectivity index (χ2v) is 12.9. The monoisotopic (exact) mass is 603 g/mol. The van der Waals surface area contributed by atoms with E-state index >= 15 is 0 Å². The van der Waals surface area contributed by atoms with Crippen LogP contribution < -0.4 is 9.62 Å². The highest BCUT2D eigenvalue weighted by Crippen LogP contribution is 2.29. The Balaban J connectivity index is 2.08. The van der Waals surface area contributed by atoms with Crippen LogP contribution in [0.5, 0.6) is 0 Å². The van der Waals surface area contributed by atoms with Gasteiger partial charge in [-0.2, -0.15) is 0 Å². The van der Waals surface area contributed by atoms with Crippen molar-refractivity contribution < 1.29 is 18.0 Å². The van der Waals surface area contributed by atoms with Crippen LogP contribution in [0.1, 0.15) is 43.0 Å². The third-order valence-electron chi connectivity index (χ3n) is 6.44. The quantitative estimate of drug-likeness (QED) is 0.305. The van der Waals surface area contributed by atoms with E-state index in [1.807, 2.05) is 33.8 Å². The van der Waals surface area contributed by atoms with E-state index in [0.29, 0.717) is 26.9 Å². The second kappa shape index (κ2) is 13.1. The fourth-order valence-corrected chi connectivity index (χ4v) is 6.06. The summed E-state index contributed by atoms with van der Waals surface area (Å²) in [7, 11) is -4.14. The molecule has 0 spiro atoms. The molecule has 214 valence electrons. The van der Waals surface area contributed by atoms with Gasteiger partial charge in [0.1, 0.15) is 12.6 Å². The van der Waals surface area contributed by atoms with Gasteiger partial charge in [-0.05, 0) is 83.0 Å². The summed E-state index contributed by atoms with van der Waals surface area (Å²) in [4.78, 5) is 28.5. The molecular formula is C30H35Cl2N3O4S. The molecule has 10 heteroatoms. The summed E-state index contributed by atoms with van der Waals surface area (Å²) in [5, 5.41) is 3.50. The molecule has 0 heterocycles. The number of aryl methyl sites for hydroxylation is 3. The van der Waals surface area contributed by atoms with Crippen molar-refractivity contribution in [3.05, 3.63) is 93.0 Å². The van der Waals surface area contributed by atoms with Crippen molar-refractivity contribution in [1.29, 1.82) is 0 Å². The fourth-order valence-electron chi connectivity index (χ4n) is 4.26. The number of amides is 2. The van der Waals surface area contributed by atoms with Crippen LogP contribution in [0, 0.1) is 20.8 Å². The van der Waals surface area contributed by atoms with Gasteiger partial charge in [0.15, 0.2) is 0 Å². The van der Waals surface area contributed by atoms with E-state index in [1.165, 1.54) is 17.0 Å². The average Bonchev–Trinajstić information content (AvgIpc) is 2.87. The molecule has 0 bridgehead atoms. The Labute approximate surface area is 247 Å². The number of nitrogens with zero attached hydrogens (tertiary/aromatic N) is 2. The molecule has 0 aliphatic carbocycles. The van der Waals surface area contributed by atoms with E-state index in [2.05, 4.69) is 5.32 Å². The lowest BCUT2D eigenvalue weighted by molar-refractivity contribution is -0.139. The molecule has 3 aromatic carbocycles. The Morgan fingerprint density at radius 3 is 2.05 bits per heavy atom. The molecule has 0 aliphatic heterocycles. The van der Waals surface area contributed by atoms with Gasteiger partial charge in [-0.1, -0.05) is 64.7 Å². The van der Waals surface area contributed by atoms with Crippen molar-refractivity contribution in [1.82, 2.24) is 10.2 Å². The highest BCUT2D eigenvalue weighted by Gasteiger charge is 2.33. The first kappa shape index (κ1) is 31.5. The number of anilines is 1. The van der Waals surface area contributed by atoms with Crippen LogP contribution in [-0.2, 0) is 26.2 Å². The number of carbonyl (C=O) groups excluding carboxylic acids is 2. The van der Waals surface area contributed by atoms with Crippen molar-refractivity contribution in [3.8, 4) is 0 Å². The molecule has 0 unspecified atom stereocenters. The molecule has 1 N–H and O–H groups in total. The van der Waals surface area contributed by atoms with Crippen LogP contribution in [0.3, 0.4) is 0 Å². The van der Waals surface area contributed by atoms with Crippen molar-refractivity contribution in [3.63, 3.8) is 0 Å². The van der Waals surface area contributed by atoms with Gasteiger partial charge in [-0.15, -0.1) is 0 Å². The number of halogens is 2. The predicted molar refractivity (Wildman–Crippen MR) is 161 cm³/mol. The van der Waals surface area contributed by atoms with Crippen LogP contribution in [-0.4, -0.2) is 43.8 Å². The zero-order chi connectivity index (χ0) is 29.8. The van der Waals surface area contributed by atoms with E-state index in [-0.39, 0.29) is 23.4 Å². The number of sulfonamides is 1. The third kappa shape index (κ3) is 7.56. The maximum atomic E-state index is 14.0. The van der Waals surface area contributed by atoms with E-state index < -0.39 is 28.5 Å². The number of hydrogen-bond donors (Lipinski definition) is 1.